The van der Waals surface area contributed by atoms with Gasteiger partial charge in [0.25, 0.3) is 0 Å². The molecule has 0 saturated carbocycles. The van der Waals surface area contributed by atoms with Gasteiger partial charge in [0.2, 0.25) is 5.41 Å². The van der Waals surface area contributed by atoms with E-state index in [-0.39, 0.29) is 29.8 Å². The van der Waals surface area contributed by atoms with Crippen molar-refractivity contribution < 1.29 is 27.8 Å². The first-order valence-electron chi connectivity index (χ1n) is 9.52. The summed E-state index contributed by atoms with van der Waals surface area (Å²) in [6.45, 7) is 15.5. The number of carbonyl (C=O) groups excluding carboxylic acids is 2. The molecule has 4 nitrogen and oxygen atoms in total. The molecule has 0 aromatic carbocycles. The lowest BCUT2D eigenvalue weighted by molar-refractivity contribution is -0.189. The number of carbonyl (C=O) groups is 2. The molecule has 0 aliphatic rings. The number of halogens is 2. The summed E-state index contributed by atoms with van der Waals surface area (Å²) in [6.07, 6.45) is 0. The molecule has 0 atom stereocenters. The minimum atomic E-state index is -3.91. The molecule has 0 radical (unpaired) electrons. The Labute approximate surface area is 163 Å². The number of alkyl halides is 2. The van der Waals surface area contributed by atoms with E-state index in [1.54, 1.807) is 0 Å². The molecule has 0 heterocycles. The van der Waals surface area contributed by atoms with Crippen molar-refractivity contribution in [3.8, 4) is 11.5 Å². The minimum absolute atomic E-state index is 0.125. The van der Waals surface area contributed by atoms with Crippen molar-refractivity contribution in [1.82, 2.24) is 0 Å². The molecule has 0 rings (SSSR count). The molecule has 0 N–H and O–H groups in total. The molecule has 0 aliphatic heterocycles. The van der Waals surface area contributed by atoms with E-state index >= 15 is 8.78 Å². The highest BCUT2D eigenvalue weighted by molar-refractivity contribution is 6.90. The average Bonchev–Trinajstić information content (AvgIpc) is 2.53. The fraction of sp³-hybridized carbons (Fsp3) is 0.800. The van der Waals surface area contributed by atoms with Crippen LogP contribution in [0.25, 0.3) is 0 Å². The Kier molecular flexibility index (Phi) is 9.17. The van der Waals surface area contributed by atoms with E-state index < -0.39 is 31.4 Å². The Morgan fingerprint density at radius 1 is 0.889 bits per heavy atom. The highest BCUT2D eigenvalue weighted by Gasteiger charge is 2.63. The van der Waals surface area contributed by atoms with Gasteiger partial charge in [0.15, 0.2) is 0 Å². The molecular weight excluding hydrogens is 370 g/mol. The van der Waals surface area contributed by atoms with Crippen LogP contribution in [0.5, 0.6) is 0 Å². The first-order chi connectivity index (χ1) is 12.2. The molecule has 0 fully saturated rings. The Hall–Kier alpha value is -1.42. The van der Waals surface area contributed by atoms with Crippen molar-refractivity contribution >= 4 is 20.0 Å². The highest BCUT2D eigenvalue weighted by Crippen LogP contribution is 2.43. The fourth-order valence-electron chi connectivity index (χ4n) is 3.64. The second-order valence-electron chi connectivity index (χ2n) is 7.79. The number of esters is 2. The van der Waals surface area contributed by atoms with Crippen molar-refractivity contribution in [2.45, 2.75) is 84.9 Å². The summed E-state index contributed by atoms with van der Waals surface area (Å²) in [5.41, 5.74) is 0.495. The van der Waals surface area contributed by atoms with Gasteiger partial charge in [-0.15, -0.1) is 5.54 Å². The number of hydrogen-bond acceptors (Lipinski definition) is 4. The smallest absolute Gasteiger partial charge is 0.333 e. The molecule has 156 valence electrons. The Bertz CT molecular complexity index is 549. The SMILES string of the molecule is CCOC(=O)C(C)(C(=O)OCC)C(F)(F)C#C[Si](C(C)C)(C(C)C)C(C)C. The zero-order valence-electron chi connectivity index (χ0n) is 18.0. The van der Waals surface area contributed by atoms with E-state index in [1.165, 1.54) is 13.8 Å². The van der Waals surface area contributed by atoms with E-state index in [1.807, 2.05) is 47.5 Å². The second kappa shape index (κ2) is 9.68. The summed E-state index contributed by atoms with van der Waals surface area (Å²) in [4.78, 5) is 24.6. The summed E-state index contributed by atoms with van der Waals surface area (Å²) in [6, 6.07) is 0. The van der Waals surface area contributed by atoms with E-state index in [9.17, 15) is 9.59 Å². The van der Waals surface area contributed by atoms with Crippen LogP contribution in [0, 0.1) is 16.9 Å². The largest absolute Gasteiger partial charge is 0.465 e. The number of hydrogen-bond donors (Lipinski definition) is 0. The summed E-state index contributed by atoms with van der Waals surface area (Å²) in [5, 5.41) is 0. The third kappa shape index (κ3) is 4.90. The molecule has 7 heteroatoms. The monoisotopic (exact) mass is 404 g/mol. The van der Waals surface area contributed by atoms with Crippen LogP contribution in [0.3, 0.4) is 0 Å². The molecule has 0 saturated heterocycles. The molecule has 0 aliphatic carbocycles. The minimum Gasteiger partial charge on any atom is -0.465 e. The van der Waals surface area contributed by atoms with Crippen LogP contribution in [0.2, 0.25) is 16.6 Å². The summed E-state index contributed by atoms with van der Waals surface area (Å²) in [7, 11) is -2.47. The quantitative estimate of drug-likeness (QED) is 0.248. The normalized spacial score (nSPS) is 12.8. The maximum atomic E-state index is 15.2. The lowest BCUT2D eigenvalue weighted by Gasteiger charge is -2.38. The summed E-state index contributed by atoms with van der Waals surface area (Å²) in [5.74, 6) is -4.52. The molecular formula is C20H34F2O4Si. The van der Waals surface area contributed by atoms with Gasteiger partial charge in [-0.1, -0.05) is 41.5 Å². The van der Waals surface area contributed by atoms with E-state index in [0.717, 1.165) is 6.92 Å². The van der Waals surface area contributed by atoms with Gasteiger partial charge in [-0.2, -0.15) is 8.78 Å². The maximum absolute atomic E-state index is 15.2. The maximum Gasteiger partial charge on any atom is 0.333 e. The molecule has 0 amide bonds. The van der Waals surface area contributed by atoms with Crippen molar-refractivity contribution in [1.29, 1.82) is 0 Å². The van der Waals surface area contributed by atoms with Gasteiger partial charge in [-0.25, -0.2) is 0 Å². The standard InChI is InChI=1S/C20H34F2O4Si/c1-10-25-17(23)19(9,18(24)26-11-2)20(21,22)12-13-27(14(3)4,15(5)6)16(7)8/h14-16H,10-11H2,1-9H3. The number of ether oxygens (including phenoxy) is 2. The Balaban J connectivity index is 6.45. The molecule has 0 spiro atoms. The van der Waals surface area contributed by atoms with Crippen molar-refractivity contribution in [2.75, 3.05) is 13.2 Å². The molecule has 27 heavy (non-hydrogen) atoms. The van der Waals surface area contributed by atoms with Crippen LogP contribution in [0.4, 0.5) is 8.78 Å². The third-order valence-electron chi connectivity index (χ3n) is 5.30. The van der Waals surface area contributed by atoms with Crippen LogP contribution in [0.1, 0.15) is 62.3 Å². The first kappa shape index (κ1) is 25.6. The zero-order valence-corrected chi connectivity index (χ0v) is 19.0. The van der Waals surface area contributed by atoms with Gasteiger partial charge in [0.1, 0.15) is 8.07 Å². The van der Waals surface area contributed by atoms with Crippen LogP contribution >= 0.6 is 0 Å². The highest BCUT2D eigenvalue weighted by atomic mass is 28.3. The molecule has 0 unspecified atom stereocenters. The van der Waals surface area contributed by atoms with E-state index in [2.05, 4.69) is 5.54 Å². The van der Waals surface area contributed by atoms with Gasteiger partial charge in [0.05, 0.1) is 13.2 Å². The van der Waals surface area contributed by atoms with Gasteiger partial charge >= 0.3 is 17.9 Å². The van der Waals surface area contributed by atoms with Crippen molar-refractivity contribution in [3.05, 3.63) is 0 Å². The van der Waals surface area contributed by atoms with E-state index in [0.29, 0.717) is 0 Å². The predicted molar refractivity (Wildman–Crippen MR) is 105 cm³/mol. The first-order valence-corrected chi connectivity index (χ1v) is 11.7. The number of rotatable bonds is 8. The van der Waals surface area contributed by atoms with Crippen LogP contribution in [-0.2, 0) is 19.1 Å². The van der Waals surface area contributed by atoms with Crippen LogP contribution < -0.4 is 0 Å². The lowest BCUT2D eigenvalue weighted by Crippen LogP contribution is -2.53. The van der Waals surface area contributed by atoms with Gasteiger partial charge < -0.3 is 9.47 Å². The molecule has 0 aromatic heterocycles. The summed E-state index contributed by atoms with van der Waals surface area (Å²) < 4.78 is 39.9. The summed E-state index contributed by atoms with van der Waals surface area (Å²) >= 11 is 0. The third-order valence-corrected chi connectivity index (χ3v) is 11.6. The average molecular weight is 405 g/mol. The lowest BCUT2D eigenvalue weighted by atomic mass is 9.83. The van der Waals surface area contributed by atoms with E-state index in [4.69, 9.17) is 9.47 Å². The topological polar surface area (TPSA) is 52.6 Å². The predicted octanol–water partition coefficient (Wildman–Crippen LogP) is 4.98. The van der Waals surface area contributed by atoms with Gasteiger partial charge in [-0.05, 0) is 43.3 Å². The van der Waals surface area contributed by atoms with Crippen LogP contribution in [0.15, 0.2) is 0 Å². The van der Waals surface area contributed by atoms with Gasteiger partial charge in [0, 0.05) is 0 Å². The second-order valence-corrected chi connectivity index (χ2v) is 13.4. The van der Waals surface area contributed by atoms with Crippen LogP contribution in [-0.4, -0.2) is 39.1 Å². The van der Waals surface area contributed by atoms with Gasteiger partial charge in [-0.3, -0.25) is 9.59 Å². The van der Waals surface area contributed by atoms with Crippen molar-refractivity contribution in [3.63, 3.8) is 0 Å². The van der Waals surface area contributed by atoms with Crippen molar-refractivity contribution in [2.24, 2.45) is 5.41 Å². The Morgan fingerprint density at radius 3 is 1.48 bits per heavy atom. The zero-order chi connectivity index (χ0) is 21.6. The Morgan fingerprint density at radius 2 is 1.22 bits per heavy atom. The molecule has 0 bridgehead atoms. The molecule has 0 aromatic rings. The fourth-order valence-corrected chi connectivity index (χ4v) is 8.87.